The Labute approximate surface area is 400 Å². The Morgan fingerprint density at radius 3 is 1.64 bits per heavy atom. The van der Waals surface area contributed by atoms with Gasteiger partial charge in [-0.15, -0.1) is 0 Å². The molecule has 3 heteroatoms. The molecule has 326 valence electrons. The molecule has 1 aliphatic carbocycles. The van der Waals surface area contributed by atoms with Crippen molar-refractivity contribution in [2.75, 3.05) is 0 Å². The van der Waals surface area contributed by atoms with Crippen molar-refractivity contribution < 1.29 is 0 Å². The monoisotopic (exact) mass is 881 g/mol. The molecule has 10 aromatic carbocycles. The lowest BCUT2D eigenvalue weighted by molar-refractivity contribution is 0.630. The molecule has 0 radical (unpaired) electrons. The van der Waals surface area contributed by atoms with E-state index in [0.29, 0.717) is 0 Å². The molecule has 0 amide bonds. The Morgan fingerprint density at radius 1 is 0.275 bits per heavy atom. The van der Waals surface area contributed by atoms with Gasteiger partial charge in [0.1, 0.15) is 0 Å². The van der Waals surface area contributed by atoms with Crippen molar-refractivity contribution in [2.24, 2.45) is 0 Å². The van der Waals surface area contributed by atoms with Gasteiger partial charge in [-0.2, -0.15) is 0 Å². The van der Waals surface area contributed by atoms with E-state index >= 15 is 0 Å². The van der Waals surface area contributed by atoms with Crippen LogP contribution in [0, 0.1) is 0 Å². The van der Waals surface area contributed by atoms with Crippen molar-refractivity contribution in [2.45, 2.75) is 38.5 Å². The number of hydrogen-bond donors (Lipinski definition) is 0. The van der Waals surface area contributed by atoms with Crippen LogP contribution in [0.25, 0.3) is 116 Å². The summed E-state index contributed by atoms with van der Waals surface area (Å²) in [5, 5.41) is 7.60. The van der Waals surface area contributed by atoms with Crippen molar-refractivity contribution in [1.82, 2.24) is 13.7 Å². The molecular weight excluding hydrogens is 835 g/mol. The summed E-state index contributed by atoms with van der Waals surface area (Å²) in [5.41, 5.74) is 23.8. The van der Waals surface area contributed by atoms with Gasteiger partial charge in [0.2, 0.25) is 0 Å². The molecule has 3 nitrogen and oxygen atoms in total. The van der Waals surface area contributed by atoms with Gasteiger partial charge in [0.05, 0.1) is 38.8 Å². The summed E-state index contributed by atoms with van der Waals surface area (Å²) < 4.78 is 7.48. The average molecular weight is 882 g/mol. The molecular formula is C66H47N3. The van der Waals surface area contributed by atoms with E-state index in [1.165, 1.54) is 127 Å². The summed E-state index contributed by atoms with van der Waals surface area (Å²) in [6.07, 6.45) is 0. The molecule has 69 heavy (non-hydrogen) atoms. The lowest BCUT2D eigenvalue weighted by Gasteiger charge is -2.34. The molecule has 0 fully saturated rings. The molecule has 3 aromatic heterocycles. The van der Waals surface area contributed by atoms with Crippen LogP contribution in [-0.4, -0.2) is 13.7 Å². The van der Waals surface area contributed by atoms with E-state index in [0.717, 1.165) is 11.4 Å². The molecule has 0 saturated carbocycles. The van der Waals surface area contributed by atoms with Crippen LogP contribution in [0.3, 0.4) is 0 Å². The first-order valence-corrected chi connectivity index (χ1v) is 24.3. The first-order valence-electron chi connectivity index (χ1n) is 24.3. The number of benzene rings is 10. The number of hydrogen-bond acceptors (Lipinski definition) is 0. The van der Waals surface area contributed by atoms with Crippen molar-refractivity contribution in [1.29, 1.82) is 0 Å². The van der Waals surface area contributed by atoms with Crippen LogP contribution in [0.5, 0.6) is 0 Å². The Balaban J connectivity index is 0.955. The Bertz CT molecular complexity index is 4360. The van der Waals surface area contributed by atoms with E-state index in [1.54, 1.807) is 0 Å². The standard InChI is InChI=1S/C66H47N3/c1-65(2)54-23-10-8-20-46(54)49-38-53-51-36-43(42-29-32-61-50(35-42)48-22-15-25-56-64(48)69(61)62-27-13-11-24-55(62)66(56,3)4)28-31-59(51)68(63(53)39-57(49)65)45-30-33-60-52(37-45)47-21-9-12-26-58(47)67(60)44-19-14-18-41(34-44)40-16-6-5-7-17-40/h5-39H,1-4H3. The fraction of sp³-hybridized carbons (Fsp3) is 0.0909. The number of nitrogens with zero attached hydrogens (tertiary/aromatic N) is 3. The maximum atomic E-state index is 2.53. The second-order valence-electron chi connectivity index (χ2n) is 20.5. The van der Waals surface area contributed by atoms with Gasteiger partial charge in [-0.3, -0.25) is 0 Å². The smallest absolute Gasteiger partial charge is 0.0582 e. The van der Waals surface area contributed by atoms with Crippen LogP contribution in [0.1, 0.15) is 49.9 Å². The van der Waals surface area contributed by atoms with E-state index in [1.807, 2.05) is 0 Å². The molecule has 0 saturated heterocycles. The maximum absolute atomic E-state index is 2.53. The van der Waals surface area contributed by atoms with Crippen LogP contribution in [0.2, 0.25) is 0 Å². The maximum Gasteiger partial charge on any atom is 0.0582 e. The predicted molar refractivity (Wildman–Crippen MR) is 290 cm³/mol. The summed E-state index contributed by atoms with van der Waals surface area (Å²) in [4.78, 5) is 0. The molecule has 0 N–H and O–H groups in total. The largest absolute Gasteiger partial charge is 0.309 e. The van der Waals surface area contributed by atoms with Crippen molar-refractivity contribution in [3.63, 3.8) is 0 Å². The van der Waals surface area contributed by atoms with Gasteiger partial charge in [-0.25, -0.2) is 0 Å². The van der Waals surface area contributed by atoms with E-state index in [-0.39, 0.29) is 10.8 Å². The number of aromatic nitrogens is 3. The highest BCUT2D eigenvalue weighted by molar-refractivity contribution is 6.16. The van der Waals surface area contributed by atoms with E-state index in [9.17, 15) is 0 Å². The zero-order valence-corrected chi connectivity index (χ0v) is 39.0. The third kappa shape index (κ3) is 5.17. The van der Waals surface area contributed by atoms with E-state index in [2.05, 4.69) is 254 Å². The van der Waals surface area contributed by atoms with Crippen LogP contribution in [0.4, 0.5) is 0 Å². The van der Waals surface area contributed by atoms with Gasteiger partial charge in [-0.05, 0) is 134 Å². The third-order valence-corrected chi connectivity index (χ3v) is 16.2. The molecule has 0 atom stereocenters. The van der Waals surface area contributed by atoms with Crippen molar-refractivity contribution >= 4 is 65.4 Å². The van der Waals surface area contributed by atoms with Gasteiger partial charge in [0.25, 0.3) is 0 Å². The Kier molecular flexibility index (Phi) is 7.63. The van der Waals surface area contributed by atoms with Crippen molar-refractivity contribution in [3.8, 4) is 50.4 Å². The van der Waals surface area contributed by atoms with Gasteiger partial charge >= 0.3 is 0 Å². The minimum Gasteiger partial charge on any atom is -0.309 e. The third-order valence-electron chi connectivity index (χ3n) is 16.2. The Morgan fingerprint density at radius 2 is 0.812 bits per heavy atom. The lowest BCUT2D eigenvalue weighted by Crippen LogP contribution is -2.26. The van der Waals surface area contributed by atoms with Gasteiger partial charge in [0.15, 0.2) is 0 Å². The summed E-state index contributed by atoms with van der Waals surface area (Å²) in [5.74, 6) is 0. The van der Waals surface area contributed by atoms with Gasteiger partial charge in [-0.1, -0.05) is 161 Å². The molecule has 0 spiro atoms. The zero-order chi connectivity index (χ0) is 45.9. The van der Waals surface area contributed by atoms with Crippen LogP contribution < -0.4 is 0 Å². The number of fused-ring (bicyclic) bond motifs is 14. The molecule has 4 heterocycles. The minimum absolute atomic E-state index is 0.103. The van der Waals surface area contributed by atoms with Gasteiger partial charge < -0.3 is 13.7 Å². The highest BCUT2D eigenvalue weighted by Gasteiger charge is 2.37. The zero-order valence-electron chi connectivity index (χ0n) is 39.0. The second kappa shape index (κ2) is 13.6. The van der Waals surface area contributed by atoms with E-state index < -0.39 is 0 Å². The fourth-order valence-electron chi connectivity index (χ4n) is 12.8. The lowest BCUT2D eigenvalue weighted by atomic mass is 9.75. The SMILES string of the molecule is CC1(C)c2ccccc2-c2cc3c4cc(-c5ccc6c(c5)c5cccc7c5n6-c5ccccc5C7(C)C)ccc4n(-c4ccc5c(c4)c4ccccc4n5-c4cccc(-c5ccccc5)c4)c3cc21. The topological polar surface area (TPSA) is 14.8 Å². The molecule has 15 rings (SSSR count). The first kappa shape index (κ1) is 38.7. The van der Waals surface area contributed by atoms with Crippen LogP contribution in [0.15, 0.2) is 212 Å². The molecule has 13 aromatic rings. The van der Waals surface area contributed by atoms with E-state index in [4.69, 9.17) is 0 Å². The summed E-state index contributed by atoms with van der Waals surface area (Å²) in [6.45, 7) is 9.52. The first-order chi connectivity index (χ1) is 33.7. The van der Waals surface area contributed by atoms with Crippen LogP contribution in [-0.2, 0) is 10.8 Å². The average Bonchev–Trinajstić information content (AvgIpc) is 4.08. The summed E-state index contributed by atoms with van der Waals surface area (Å²) in [7, 11) is 0. The summed E-state index contributed by atoms with van der Waals surface area (Å²) in [6, 6.07) is 79.8. The van der Waals surface area contributed by atoms with Gasteiger partial charge in [0, 0.05) is 54.5 Å². The quantitative estimate of drug-likeness (QED) is 0.167. The highest BCUT2D eigenvalue weighted by Crippen LogP contribution is 2.52. The highest BCUT2D eigenvalue weighted by atomic mass is 15.0. The number of para-hydroxylation sites is 3. The predicted octanol–water partition coefficient (Wildman–Crippen LogP) is 17.3. The molecule has 0 unspecified atom stereocenters. The minimum atomic E-state index is -0.135. The normalized spacial score (nSPS) is 14.3. The molecule has 1 aliphatic heterocycles. The second-order valence-corrected chi connectivity index (χ2v) is 20.5. The summed E-state index contributed by atoms with van der Waals surface area (Å²) >= 11 is 0. The fourth-order valence-corrected chi connectivity index (χ4v) is 12.8. The molecule has 0 bridgehead atoms. The van der Waals surface area contributed by atoms with Crippen LogP contribution >= 0.6 is 0 Å². The van der Waals surface area contributed by atoms with Crippen molar-refractivity contribution in [3.05, 3.63) is 235 Å². The Hall–Kier alpha value is -8.40. The number of rotatable bonds is 4. The molecule has 2 aliphatic rings.